The lowest BCUT2D eigenvalue weighted by Crippen LogP contribution is -2.15. The molecule has 0 aliphatic rings. The van der Waals surface area contributed by atoms with Crippen molar-refractivity contribution in [1.29, 1.82) is 0 Å². The normalized spacial score (nSPS) is 13.4. The van der Waals surface area contributed by atoms with E-state index >= 15 is 0 Å². The van der Waals surface area contributed by atoms with Crippen LogP contribution in [0.5, 0.6) is 0 Å². The summed E-state index contributed by atoms with van der Waals surface area (Å²) in [4.78, 5) is 0.193. The second-order valence-corrected chi connectivity index (χ2v) is 6.32. The van der Waals surface area contributed by atoms with Gasteiger partial charge in [-0.05, 0) is 44.3 Å². The molecule has 0 aliphatic carbocycles. The molecule has 0 saturated heterocycles. The SMILES string of the molecule is CC[C@H](CCOS)COS(=O)(=O)c1ccc(C)cc1. The fraction of sp³-hybridized carbons (Fsp3) is 0.538. The van der Waals surface area contributed by atoms with E-state index < -0.39 is 10.1 Å². The molecule has 4 nitrogen and oxygen atoms in total. The molecule has 0 amide bonds. The van der Waals surface area contributed by atoms with Gasteiger partial charge in [-0.2, -0.15) is 8.42 Å². The van der Waals surface area contributed by atoms with E-state index in [0.717, 1.165) is 18.4 Å². The summed E-state index contributed by atoms with van der Waals surface area (Å²) in [7, 11) is -3.67. The third kappa shape index (κ3) is 5.52. The Morgan fingerprint density at radius 3 is 2.42 bits per heavy atom. The summed E-state index contributed by atoms with van der Waals surface area (Å²) < 4.78 is 33.7. The van der Waals surface area contributed by atoms with E-state index in [2.05, 4.69) is 12.9 Å². The third-order valence-electron chi connectivity index (χ3n) is 2.96. The van der Waals surface area contributed by atoms with Crippen molar-refractivity contribution in [2.45, 2.75) is 31.6 Å². The predicted molar refractivity (Wildman–Crippen MR) is 77.7 cm³/mol. The Balaban J connectivity index is 2.61. The first kappa shape index (κ1) is 16.5. The van der Waals surface area contributed by atoms with Crippen molar-refractivity contribution in [3.63, 3.8) is 0 Å². The molecule has 0 fully saturated rings. The van der Waals surface area contributed by atoms with Gasteiger partial charge in [-0.3, -0.25) is 4.18 Å². The first-order valence-corrected chi connectivity index (χ1v) is 7.99. The van der Waals surface area contributed by atoms with Gasteiger partial charge < -0.3 is 4.18 Å². The minimum atomic E-state index is -3.67. The van der Waals surface area contributed by atoms with E-state index in [0.29, 0.717) is 6.61 Å². The summed E-state index contributed by atoms with van der Waals surface area (Å²) >= 11 is 3.67. The highest BCUT2D eigenvalue weighted by molar-refractivity contribution is 7.86. The van der Waals surface area contributed by atoms with Gasteiger partial charge in [0.15, 0.2) is 0 Å². The Bertz CT molecular complexity index is 468. The Morgan fingerprint density at radius 1 is 1.26 bits per heavy atom. The Hall–Kier alpha value is -0.560. The molecular weight excluding hydrogens is 284 g/mol. The number of thiol groups is 1. The van der Waals surface area contributed by atoms with Crippen molar-refractivity contribution in [2.75, 3.05) is 13.2 Å². The Labute approximate surface area is 120 Å². The molecule has 6 heteroatoms. The zero-order valence-electron chi connectivity index (χ0n) is 11.2. The molecule has 0 N–H and O–H groups in total. The fourth-order valence-corrected chi connectivity index (χ4v) is 2.67. The van der Waals surface area contributed by atoms with Crippen LogP contribution in [0, 0.1) is 12.8 Å². The number of aryl methyl sites for hydroxylation is 1. The Kier molecular flexibility index (Phi) is 6.85. The topological polar surface area (TPSA) is 52.6 Å². The lowest BCUT2D eigenvalue weighted by Gasteiger charge is -2.14. The van der Waals surface area contributed by atoms with Crippen LogP contribution in [0.3, 0.4) is 0 Å². The second kappa shape index (κ2) is 7.89. The number of benzene rings is 1. The van der Waals surface area contributed by atoms with Crippen LogP contribution < -0.4 is 0 Å². The van der Waals surface area contributed by atoms with Gasteiger partial charge in [0, 0.05) is 0 Å². The molecular formula is C13H20O4S2. The average molecular weight is 304 g/mol. The number of hydrogen-bond donors (Lipinski definition) is 1. The molecule has 0 unspecified atom stereocenters. The third-order valence-corrected chi connectivity index (χ3v) is 4.44. The van der Waals surface area contributed by atoms with Crippen LogP contribution in [0.15, 0.2) is 29.2 Å². The van der Waals surface area contributed by atoms with Crippen molar-refractivity contribution < 1.29 is 16.8 Å². The van der Waals surface area contributed by atoms with Crippen molar-refractivity contribution in [3.8, 4) is 0 Å². The van der Waals surface area contributed by atoms with Gasteiger partial charge in [0.05, 0.1) is 18.1 Å². The zero-order chi connectivity index (χ0) is 14.3. The van der Waals surface area contributed by atoms with Crippen LogP contribution in [-0.2, 0) is 18.5 Å². The van der Waals surface area contributed by atoms with E-state index in [1.54, 1.807) is 24.3 Å². The summed E-state index contributed by atoms with van der Waals surface area (Å²) in [5.41, 5.74) is 1.01. The maximum absolute atomic E-state index is 12.0. The molecule has 108 valence electrons. The van der Waals surface area contributed by atoms with Gasteiger partial charge >= 0.3 is 0 Å². The zero-order valence-corrected chi connectivity index (χ0v) is 12.9. The maximum Gasteiger partial charge on any atom is 0.296 e. The van der Waals surface area contributed by atoms with Gasteiger partial charge in [0.1, 0.15) is 0 Å². The van der Waals surface area contributed by atoms with E-state index in [1.165, 1.54) is 0 Å². The highest BCUT2D eigenvalue weighted by atomic mass is 32.2. The van der Waals surface area contributed by atoms with Crippen LogP contribution in [0.1, 0.15) is 25.3 Å². The molecule has 1 aromatic rings. The summed E-state index contributed by atoms with van der Waals surface area (Å²) in [5, 5.41) is 0. The summed E-state index contributed by atoms with van der Waals surface area (Å²) in [6.45, 7) is 4.55. The number of hydrogen-bond acceptors (Lipinski definition) is 5. The lowest BCUT2D eigenvalue weighted by atomic mass is 10.1. The molecule has 1 rings (SSSR count). The quantitative estimate of drug-likeness (QED) is 0.456. The average Bonchev–Trinajstić information content (AvgIpc) is 2.39. The lowest BCUT2D eigenvalue weighted by molar-refractivity contribution is 0.218. The molecule has 1 atom stereocenters. The maximum atomic E-state index is 12.0. The van der Waals surface area contributed by atoms with Gasteiger partial charge in [-0.1, -0.05) is 31.0 Å². The monoisotopic (exact) mass is 304 g/mol. The van der Waals surface area contributed by atoms with Gasteiger partial charge in [0.2, 0.25) is 0 Å². The smallest absolute Gasteiger partial charge is 0.296 e. The molecule has 19 heavy (non-hydrogen) atoms. The molecule has 0 spiro atoms. The van der Waals surface area contributed by atoms with Crippen LogP contribution in [-0.4, -0.2) is 21.6 Å². The standard InChI is InChI=1S/C13H20O4S2/c1-3-12(8-9-16-18)10-17-19(14,15)13-6-4-11(2)5-7-13/h4-7,12,18H,3,8-10H2,1-2H3/t12-/m1/s1. The van der Waals surface area contributed by atoms with Gasteiger partial charge in [-0.25, -0.2) is 0 Å². The summed E-state index contributed by atoms with van der Waals surface area (Å²) in [5.74, 6) is 0.146. The molecule has 0 saturated carbocycles. The summed E-state index contributed by atoms with van der Waals surface area (Å²) in [6.07, 6.45) is 1.56. The largest absolute Gasteiger partial charge is 0.318 e. The minimum Gasteiger partial charge on any atom is -0.318 e. The second-order valence-electron chi connectivity index (χ2n) is 4.45. The minimum absolute atomic E-state index is 0.146. The van der Waals surface area contributed by atoms with E-state index in [4.69, 9.17) is 8.37 Å². The van der Waals surface area contributed by atoms with Crippen molar-refractivity contribution in [3.05, 3.63) is 29.8 Å². The van der Waals surface area contributed by atoms with Crippen LogP contribution in [0.25, 0.3) is 0 Å². The molecule has 0 aromatic heterocycles. The van der Waals surface area contributed by atoms with Gasteiger partial charge in [-0.15, -0.1) is 0 Å². The molecule has 1 aromatic carbocycles. The van der Waals surface area contributed by atoms with E-state index in [1.807, 2.05) is 13.8 Å². The summed E-state index contributed by atoms with van der Waals surface area (Å²) in [6, 6.07) is 6.62. The van der Waals surface area contributed by atoms with E-state index in [-0.39, 0.29) is 17.4 Å². The van der Waals surface area contributed by atoms with Crippen molar-refractivity contribution >= 4 is 23.0 Å². The predicted octanol–water partition coefficient (Wildman–Crippen LogP) is 2.98. The molecule has 0 radical (unpaired) electrons. The van der Waals surface area contributed by atoms with Crippen molar-refractivity contribution in [2.24, 2.45) is 5.92 Å². The first-order chi connectivity index (χ1) is 8.99. The van der Waals surface area contributed by atoms with Crippen LogP contribution in [0.4, 0.5) is 0 Å². The molecule has 0 heterocycles. The number of rotatable bonds is 8. The van der Waals surface area contributed by atoms with Crippen LogP contribution in [0.2, 0.25) is 0 Å². The Morgan fingerprint density at radius 2 is 1.89 bits per heavy atom. The highest BCUT2D eigenvalue weighted by Gasteiger charge is 2.17. The molecule has 0 aliphatic heterocycles. The van der Waals surface area contributed by atoms with Gasteiger partial charge in [0.25, 0.3) is 10.1 Å². The van der Waals surface area contributed by atoms with E-state index in [9.17, 15) is 8.42 Å². The highest BCUT2D eigenvalue weighted by Crippen LogP contribution is 2.17. The first-order valence-electron chi connectivity index (χ1n) is 6.22. The van der Waals surface area contributed by atoms with Crippen LogP contribution >= 0.6 is 12.9 Å². The fourth-order valence-electron chi connectivity index (χ4n) is 1.58. The van der Waals surface area contributed by atoms with Crippen molar-refractivity contribution in [1.82, 2.24) is 0 Å². The molecule has 0 bridgehead atoms.